The summed E-state index contributed by atoms with van der Waals surface area (Å²) in [5, 5.41) is 3.90. The van der Waals surface area contributed by atoms with E-state index in [9.17, 15) is 9.36 Å². The van der Waals surface area contributed by atoms with E-state index in [-0.39, 0.29) is 18.0 Å². The zero-order valence-electron chi connectivity index (χ0n) is 11.5. The molecule has 10 nitrogen and oxygen atoms in total. The van der Waals surface area contributed by atoms with Crippen molar-refractivity contribution < 1.29 is 19.1 Å². The Labute approximate surface area is 119 Å². The van der Waals surface area contributed by atoms with E-state index in [4.69, 9.17) is 20.3 Å². The number of rotatable bonds is 5. The number of hydrogen-bond donors (Lipinski definition) is 4. The van der Waals surface area contributed by atoms with Crippen LogP contribution >= 0.6 is 7.60 Å². The molecule has 0 saturated heterocycles. The van der Waals surface area contributed by atoms with E-state index >= 15 is 0 Å². The van der Waals surface area contributed by atoms with Crippen LogP contribution in [0.1, 0.15) is 19.4 Å². The lowest BCUT2D eigenvalue weighted by molar-refractivity contribution is 0.00246. The Morgan fingerprint density at radius 1 is 1.52 bits per heavy atom. The first kappa shape index (κ1) is 15.6. The molecule has 0 unspecified atom stereocenters. The van der Waals surface area contributed by atoms with Gasteiger partial charge < -0.3 is 20.3 Å². The summed E-state index contributed by atoms with van der Waals surface area (Å²) in [5.41, 5.74) is 4.97. The molecule has 116 valence electrons. The Kier molecular flexibility index (Phi) is 3.89. The summed E-state index contributed by atoms with van der Waals surface area (Å²) in [6.07, 6.45) is 1.02. The van der Waals surface area contributed by atoms with Gasteiger partial charge in [0.25, 0.3) is 0 Å². The Balaban J connectivity index is 2.27. The third-order valence-corrected chi connectivity index (χ3v) is 3.18. The average molecular weight is 317 g/mol. The monoisotopic (exact) mass is 317 g/mol. The lowest BCUT2D eigenvalue weighted by Crippen LogP contribution is -2.28. The number of H-pyrrole nitrogens is 1. The number of aromatic amines is 1. The van der Waals surface area contributed by atoms with E-state index < -0.39 is 25.2 Å². The predicted molar refractivity (Wildman–Crippen MR) is 73.8 cm³/mol. The highest BCUT2D eigenvalue weighted by Crippen LogP contribution is 2.36. The summed E-state index contributed by atoms with van der Waals surface area (Å²) in [7, 11) is -4.25. The van der Waals surface area contributed by atoms with E-state index in [2.05, 4.69) is 15.1 Å². The summed E-state index contributed by atoms with van der Waals surface area (Å²) >= 11 is 0. The average Bonchev–Trinajstić information content (AvgIpc) is 2.69. The normalized spacial score (nSPS) is 13.0. The Hall–Kier alpha value is -1.74. The fraction of sp³-hybridized carbons (Fsp3) is 0.500. The maximum Gasteiger partial charge on any atom is 0.351 e. The van der Waals surface area contributed by atoms with Crippen LogP contribution in [0.5, 0.6) is 0 Å². The predicted octanol–water partition coefficient (Wildman–Crippen LogP) is -0.527. The largest absolute Gasteiger partial charge is 0.369 e. The lowest BCUT2D eigenvalue weighted by Gasteiger charge is -2.25. The molecule has 21 heavy (non-hydrogen) atoms. The molecule has 2 aromatic rings. The lowest BCUT2D eigenvalue weighted by atomic mass is 10.0. The van der Waals surface area contributed by atoms with E-state index in [0.29, 0.717) is 5.56 Å². The van der Waals surface area contributed by atoms with Crippen LogP contribution in [-0.4, -0.2) is 41.3 Å². The van der Waals surface area contributed by atoms with Crippen LogP contribution in [0.25, 0.3) is 5.65 Å². The molecule has 0 atom stereocenters. The van der Waals surface area contributed by atoms with Crippen LogP contribution in [0, 0.1) is 0 Å². The molecule has 0 fully saturated rings. The number of nitrogens with two attached hydrogens (primary N) is 1. The molecule has 2 aromatic heterocycles. The summed E-state index contributed by atoms with van der Waals surface area (Å²) < 4.78 is 17.2. The maximum atomic E-state index is 11.6. The van der Waals surface area contributed by atoms with Crippen molar-refractivity contribution in [1.29, 1.82) is 0 Å². The van der Waals surface area contributed by atoms with Crippen molar-refractivity contribution in [3.05, 3.63) is 22.2 Å². The molecule has 2 rings (SSSR count). The molecule has 0 spiro atoms. The first-order chi connectivity index (χ1) is 9.57. The van der Waals surface area contributed by atoms with Gasteiger partial charge in [-0.25, -0.2) is 4.79 Å². The zero-order valence-corrected chi connectivity index (χ0v) is 12.4. The molecule has 0 aliphatic heterocycles. The molecule has 0 aliphatic carbocycles. The first-order valence-corrected chi connectivity index (χ1v) is 7.78. The second-order valence-corrected chi connectivity index (χ2v) is 6.79. The molecule has 5 N–H and O–H groups in total. The quantitative estimate of drug-likeness (QED) is 0.536. The van der Waals surface area contributed by atoms with Crippen LogP contribution in [0.4, 0.5) is 5.95 Å². The van der Waals surface area contributed by atoms with E-state index in [1.807, 2.05) is 0 Å². The Morgan fingerprint density at radius 2 is 2.19 bits per heavy atom. The van der Waals surface area contributed by atoms with Crippen molar-refractivity contribution in [1.82, 2.24) is 19.6 Å². The van der Waals surface area contributed by atoms with Crippen LogP contribution in [-0.2, 0) is 15.7 Å². The van der Waals surface area contributed by atoms with E-state index in [1.54, 1.807) is 13.8 Å². The van der Waals surface area contributed by atoms with Crippen molar-refractivity contribution in [2.45, 2.75) is 25.9 Å². The van der Waals surface area contributed by atoms with Gasteiger partial charge in [-0.2, -0.15) is 14.6 Å². The Morgan fingerprint density at radius 3 is 2.81 bits per heavy atom. The highest BCUT2D eigenvalue weighted by atomic mass is 31.2. The second kappa shape index (κ2) is 5.23. The molecule has 11 heteroatoms. The minimum Gasteiger partial charge on any atom is -0.369 e. The highest BCUT2D eigenvalue weighted by molar-refractivity contribution is 7.51. The molecule has 0 amide bonds. The van der Waals surface area contributed by atoms with Gasteiger partial charge in [0.2, 0.25) is 5.95 Å². The molecule has 0 aromatic carbocycles. The number of fused-ring (bicyclic) bond motifs is 1. The van der Waals surface area contributed by atoms with Crippen LogP contribution < -0.4 is 11.4 Å². The number of nitrogen functional groups attached to an aromatic ring is 1. The third kappa shape index (κ3) is 3.88. The highest BCUT2D eigenvalue weighted by Gasteiger charge is 2.26. The SMILES string of the molecule is CC(C)(Cc1cnn2c(=O)[nH]c(N)nc12)OCP(=O)(O)O. The van der Waals surface area contributed by atoms with Gasteiger partial charge in [-0.05, 0) is 13.8 Å². The molecule has 0 saturated carbocycles. The van der Waals surface area contributed by atoms with Crippen molar-refractivity contribution in [2.75, 3.05) is 12.1 Å². The molecular formula is C10H16N5O5P. The molecule has 0 aliphatic rings. The summed E-state index contributed by atoms with van der Waals surface area (Å²) in [6, 6.07) is 0. The van der Waals surface area contributed by atoms with E-state index in [0.717, 1.165) is 4.52 Å². The summed E-state index contributed by atoms with van der Waals surface area (Å²) in [6.45, 7) is 3.34. The summed E-state index contributed by atoms with van der Waals surface area (Å²) in [4.78, 5) is 35.6. The number of nitrogens with one attached hydrogen (secondary N) is 1. The van der Waals surface area contributed by atoms with Crippen molar-refractivity contribution in [3.63, 3.8) is 0 Å². The van der Waals surface area contributed by atoms with Gasteiger partial charge in [0, 0.05) is 12.0 Å². The van der Waals surface area contributed by atoms with Crippen molar-refractivity contribution in [2.24, 2.45) is 0 Å². The number of anilines is 1. The van der Waals surface area contributed by atoms with Gasteiger partial charge in [-0.3, -0.25) is 9.55 Å². The van der Waals surface area contributed by atoms with Gasteiger partial charge in [0.1, 0.15) is 6.35 Å². The molecule has 0 radical (unpaired) electrons. The third-order valence-electron chi connectivity index (χ3n) is 2.71. The standard InChI is InChI=1S/C10H16N5O5P/c1-10(2,20-5-21(17,18)19)3-6-4-12-15-7(6)13-8(11)14-9(15)16/h4H,3,5H2,1-2H3,(H2,17,18,19)(H3,11,13,14,16). The minimum absolute atomic E-state index is 0.0387. The number of aromatic nitrogens is 4. The van der Waals surface area contributed by atoms with Gasteiger partial charge >= 0.3 is 13.3 Å². The van der Waals surface area contributed by atoms with Crippen molar-refractivity contribution in [3.8, 4) is 0 Å². The van der Waals surface area contributed by atoms with Gasteiger partial charge in [-0.15, -0.1) is 0 Å². The Bertz CT molecular complexity index is 761. The van der Waals surface area contributed by atoms with Crippen LogP contribution in [0.3, 0.4) is 0 Å². The fourth-order valence-corrected chi connectivity index (χ4v) is 2.36. The van der Waals surface area contributed by atoms with E-state index in [1.165, 1.54) is 6.20 Å². The smallest absolute Gasteiger partial charge is 0.351 e. The maximum absolute atomic E-state index is 11.6. The molecule has 0 bridgehead atoms. The number of hydrogen-bond acceptors (Lipinski definition) is 6. The zero-order chi connectivity index (χ0) is 15.8. The van der Waals surface area contributed by atoms with Gasteiger partial charge in [0.05, 0.1) is 11.8 Å². The fourth-order valence-electron chi connectivity index (χ4n) is 1.84. The molecular weight excluding hydrogens is 301 g/mol. The van der Waals surface area contributed by atoms with Crippen molar-refractivity contribution >= 4 is 19.2 Å². The number of nitrogens with zero attached hydrogens (tertiary/aromatic N) is 3. The minimum atomic E-state index is -4.25. The first-order valence-electron chi connectivity index (χ1n) is 5.98. The number of ether oxygens (including phenoxy) is 1. The van der Waals surface area contributed by atoms with Crippen LogP contribution in [0.2, 0.25) is 0 Å². The summed E-state index contributed by atoms with van der Waals surface area (Å²) in [5.74, 6) is -0.0387. The topological polar surface area (TPSA) is 156 Å². The van der Waals surface area contributed by atoms with Gasteiger partial charge in [-0.1, -0.05) is 0 Å². The van der Waals surface area contributed by atoms with Crippen LogP contribution in [0.15, 0.2) is 11.0 Å². The molecule has 2 heterocycles. The van der Waals surface area contributed by atoms with Gasteiger partial charge in [0.15, 0.2) is 5.65 Å². The second-order valence-electron chi connectivity index (χ2n) is 5.21.